The number of rotatable bonds is 2. The molecule has 0 radical (unpaired) electrons. The highest BCUT2D eigenvalue weighted by molar-refractivity contribution is 6.31. The second-order valence-electron chi connectivity index (χ2n) is 3.63. The van der Waals surface area contributed by atoms with Gasteiger partial charge >= 0.3 is 0 Å². The first-order chi connectivity index (χ1) is 6.33. The van der Waals surface area contributed by atoms with Crippen LogP contribution in [0.4, 0.5) is 0 Å². The molecule has 1 atom stereocenters. The molecule has 1 aliphatic carbocycles. The van der Waals surface area contributed by atoms with Crippen molar-refractivity contribution in [1.29, 1.82) is 0 Å². The molecule has 1 unspecified atom stereocenters. The summed E-state index contributed by atoms with van der Waals surface area (Å²) in [5.74, 6) is 0.605. The number of aryl methyl sites for hydroxylation is 1. The second kappa shape index (κ2) is 3.69. The molecule has 1 aromatic carbocycles. The van der Waals surface area contributed by atoms with Crippen molar-refractivity contribution in [2.45, 2.75) is 25.2 Å². The molecule has 0 saturated heterocycles. The number of hydrogen-bond acceptors (Lipinski definition) is 1. The first kappa shape index (κ1) is 9.04. The second-order valence-corrected chi connectivity index (χ2v) is 4.03. The van der Waals surface area contributed by atoms with Crippen LogP contribution in [0.3, 0.4) is 0 Å². The summed E-state index contributed by atoms with van der Waals surface area (Å²) in [4.78, 5) is 0. The van der Waals surface area contributed by atoms with Crippen molar-refractivity contribution in [2.24, 2.45) is 5.73 Å². The highest BCUT2D eigenvalue weighted by atomic mass is 35.5. The van der Waals surface area contributed by atoms with Gasteiger partial charge in [-0.3, -0.25) is 0 Å². The molecule has 1 aromatic rings. The molecule has 0 spiro atoms. The standard InChI is InChI=1S/C11H14ClN/c12-10-3-1-2-8-4-5-9(6-7-13)11(8)10/h1-3,9H,4-7,13H2. The SMILES string of the molecule is NCCC1CCc2cccc(Cl)c21. The highest BCUT2D eigenvalue weighted by Gasteiger charge is 2.23. The molecule has 0 saturated carbocycles. The van der Waals surface area contributed by atoms with Gasteiger partial charge in [-0.2, -0.15) is 0 Å². The van der Waals surface area contributed by atoms with Gasteiger partial charge < -0.3 is 5.73 Å². The lowest BCUT2D eigenvalue weighted by molar-refractivity contribution is 0.627. The molecule has 0 amide bonds. The molecule has 1 aliphatic rings. The Morgan fingerprint density at radius 2 is 2.31 bits per heavy atom. The monoisotopic (exact) mass is 195 g/mol. The van der Waals surface area contributed by atoms with Crippen LogP contribution in [-0.2, 0) is 6.42 Å². The maximum atomic E-state index is 6.16. The van der Waals surface area contributed by atoms with Crippen LogP contribution in [0, 0.1) is 0 Å². The average Bonchev–Trinajstić information content (AvgIpc) is 2.51. The first-order valence-corrected chi connectivity index (χ1v) is 5.18. The third-order valence-corrected chi connectivity index (χ3v) is 3.16. The Morgan fingerprint density at radius 1 is 1.46 bits per heavy atom. The molecule has 0 fully saturated rings. The van der Waals surface area contributed by atoms with Crippen LogP contribution < -0.4 is 5.73 Å². The zero-order chi connectivity index (χ0) is 9.26. The predicted octanol–water partition coefficient (Wildman–Crippen LogP) is 2.72. The summed E-state index contributed by atoms with van der Waals surface area (Å²) in [5, 5.41) is 0.924. The average molecular weight is 196 g/mol. The number of benzene rings is 1. The summed E-state index contributed by atoms with van der Waals surface area (Å²) in [7, 11) is 0. The van der Waals surface area contributed by atoms with Gasteiger partial charge in [-0.05, 0) is 48.9 Å². The van der Waals surface area contributed by atoms with Crippen LogP contribution in [0.2, 0.25) is 5.02 Å². The predicted molar refractivity (Wildman–Crippen MR) is 56.2 cm³/mol. The van der Waals surface area contributed by atoms with E-state index >= 15 is 0 Å². The molecule has 1 nitrogen and oxygen atoms in total. The topological polar surface area (TPSA) is 26.0 Å². The minimum absolute atomic E-state index is 0.605. The summed E-state index contributed by atoms with van der Waals surface area (Å²) in [5.41, 5.74) is 8.35. The fraction of sp³-hybridized carbons (Fsp3) is 0.455. The van der Waals surface area contributed by atoms with Crippen LogP contribution in [0.25, 0.3) is 0 Å². The van der Waals surface area contributed by atoms with Gasteiger partial charge in [-0.25, -0.2) is 0 Å². The maximum Gasteiger partial charge on any atom is 0.0443 e. The smallest absolute Gasteiger partial charge is 0.0443 e. The van der Waals surface area contributed by atoms with Crippen LogP contribution in [0.5, 0.6) is 0 Å². The molecule has 0 bridgehead atoms. The lowest BCUT2D eigenvalue weighted by Gasteiger charge is -2.11. The summed E-state index contributed by atoms with van der Waals surface area (Å²) in [6.07, 6.45) is 3.45. The molecule has 0 aromatic heterocycles. The van der Waals surface area contributed by atoms with E-state index in [-0.39, 0.29) is 0 Å². The van der Waals surface area contributed by atoms with E-state index in [2.05, 4.69) is 6.07 Å². The summed E-state index contributed by atoms with van der Waals surface area (Å²) in [6, 6.07) is 6.19. The molecule has 0 heterocycles. The zero-order valence-electron chi connectivity index (χ0n) is 7.59. The highest BCUT2D eigenvalue weighted by Crippen LogP contribution is 2.39. The molecule has 70 valence electrons. The van der Waals surface area contributed by atoms with Crippen molar-refractivity contribution in [2.75, 3.05) is 6.54 Å². The number of fused-ring (bicyclic) bond motifs is 1. The van der Waals surface area contributed by atoms with Crippen molar-refractivity contribution in [1.82, 2.24) is 0 Å². The van der Waals surface area contributed by atoms with Gasteiger partial charge in [0.2, 0.25) is 0 Å². The Bertz CT molecular complexity index is 307. The molecule has 2 heteroatoms. The number of hydrogen-bond donors (Lipinski definition) is 1. The van der Waals surface area contributed by atoms with E-state index in [0.717, 1.165) is 18.0 Å². The van der Waals surface area contributed by atoms with Crippen LogP contribution in [-0.4, -0.2) is 6.54 Å². The number of halogens is 1. The Kier molecular flexibility index (Phi) is 2.56. The van der Waals surface area contributed by atoms with Crippen molar-refractivity contribution in [3.63, 3.8) is 0 Å². The van der Waals surface area contributed by atoms with Crippen molar-refractivity contribution in [3.05, 3.63) is 34.3 Å². The van der Waals surface area contributed by atoms with Gasteiger partial charge in [0.1, 0.15) is 0 Å². The lowest BCUT2D eigenvalue weighted by Crippen LogP contribution is -2.05. The van der Waals surface area contributed by atoms with E-state index in [0.29, 0.717) is 5.92 Å². The molecule has 2 rings (SSSR count). The quantitative estimate of drug-likeness (QED) is 0.772. The van der Waals surface area contributed by atoms with E-state index in [4.69, 9.17) is 17.3 Å². The van der Waals surface area contributed by atoms with E-state index in [1.54, 1.807) is 0 Å². The minimum atomic E-state index is 0.605. The van der Waals surface area contributed by atoms with Gasteiger partial charge in [0.15, 0.2) is 0 Å². The maximum absolute atomic E-state index is 6.16. The Balaban J connectivity index is 2.34. The largest absolute Gasteiger partial charge is 0.330 e. The summed E-state index contributed by atoms with van der Waals surface area (Å²) in [6.45, 7) is 0.759. The molecular weight excluding hydrogens is 182 g/mol. The molecular formula is C11H14ClN. The van der Waals surface area contributed by atoms with E-state index < -0.39 is 0 Å². The third-order valence-electron chi connectivity index (χ3n) is 2.83. The zero-order valence-corrected chi connectivity index (χ0v) is 8.35. The van der Waals surface area contributed by atoms with Crippen LogP contribution >= 0.6 is 11.6 Å². The normalized spacial score (nSPS) is 20.3. The lowest BCUT2D eigenvalue weighted by atomic mass is 9.98. The van der Waals surface area contributed by atoms with Crippen molar-refractivity contribution < 1.29 is 0 Å². The third kappa shape index (κ3) is 1.59. The van der Waals surface area contributed by atoms with Crippen molar-refractivity contribution >= 4 is 11.6 Å². The summed E-state index contributed by atoms with van der Waals surface area (Å²) >= 11 is 6.16. The fourth-order valence-electron chi connectivity index (χ4n) is 2.22. The van der Waals surface area contributed by atoms with Crippen LogP contribution in [0.15, 0.2) is 18.2 Å². The van der Waals surface area contributed by atoms with E-state index in [1.807, 2.05) is 12.1 Å². The van der Waals surface area contributed by atoms with Crippen molar-refractivity contribution in [3.8, 4) is 0 Å². The van der Waals surface area contributed by atoms with Gasteiger partial charge in [0.25, 0.3) is 0 Å². The van der Waals surface area contributed by atoms with Gasteiger partial charge in [-0.15, -0.1) is 0 Å². The van der Waals surface area contributed by atoms with Gasteiger partial charge in [0.05, 0.1) is 0 Å². The molecule has 13 heavy (non-hydrogen) atoms. The number of nitrogens with two attached hydrogens (primary N) is 1. The van der Waals surface area contributed by atoms with Gasteiger partial charge in [0, 0.05) is 5.02 Å². The Hall–Kier alpha value is -0.530. The first-order valence-electron chi connectivity index (χ1n) is 4.80. The fourth-order valence-corrected chi connectivity index (χ4v) is 2.57. The molecule has 0 aliphatic heterocycles. The minimum Gasteiger partial charge on any atom is -0.330 e. The van der Waals surface area contributed by atoms with Crippen LogP contribution in [0.1, 0.15) is 29.9 Å². The Labute approximate surface area is 83.9 Å². The van der Waals surface area contributed by atoms with E-state index in [9.17, 15) is 0 Å². The molecule has 2 N–H and O–H groups in total. The van der Waals surface area contributed by atoms with E-state index in [1.165, 1.54) is 24.0 Å². The summed E-state index contributed by atoms with van der Waals surface area (Å²) < 4.78 is 0. The van der Waals surface area contributed by atoms with Gasteiger partial charge in [-0.1, -0.05) is 23.7 Å². The Morgan fingerprint density at radius 3 is 3.08 bits per heavy atom.